The average molecular weight is 539 g/mol. The zero-order chi connectivity index (χ0) is 27.2. The molecule has 0 unspecified atom stereocenters. The summed E-state index contributed by atoms with van der Waals surface area (Å²) >= 11 is 0. The molecule has 0 amide bonds. The molecule has 1 aliphatic carbocycles. The maximum Gasteiger partial charge on any atom is 0.253 e. The first-order valence-electron chi connectivity index (χ1n) is 14.5. The van der Waals surface area contributed by atoms with Crippen molar-refractivity contribution in [2.75, 3.05) is 13.1 Å². The summed E-state index contributed by atoms with van der Waals surface area (Å²) in [7, 11) is 0. The Bertz CT molecular complexity index is 1760. The van der Waals surface area contributed by atoms with Gasteiger partial charge < -0.3 is 0 Å². The molecule has 0 spiro atoms. The van der Waals surface area contributed by atoms with Crippen molar-refractivity contribution in [3.05, 3.63) is 102 Å². The topological polar surface area (TPSA) is 83.9 Å². The Kier molecular flexibility index (Phi) is 5.99. The summed E-state index contributed by atoms with van der Waals surface area (Å²) in [6, 6.07) is 25.2. The highest BCUT2D eigenvalue weighted by molar-refractivity contribution is 6.15. The van der Waals surface area contributed by atoms with Gasteiger partial charge in [-0.25, -0.2) is 9.50 Å². The summed E-state index contributed by atoms with van der Waals surface area (Å²) in [5.41, 5.74) is 8.59. The van der Waals surface area contributed by atoms with Crippen molar-refractivity contribution >= 4 is 17.2 Å². The van der Waals surface area contributed by atoms with Crippen molar-refractivity contribution in [3.8, 4) is 22.4 Å². The van der Waals surface area contributed by atoms with Crippen LogP contribution in [0.25, 0.3) is 28.2 Å². The first-order chi connectivity index (χ1) is 20.3. The van der Waals surface area contributed by atoms with Crippen LogP contribution in [0, 0.1) is 5.92 Å². The van der Waals surface area contributed by atoms with Gasteiger partial charge in [-0.1, -0.05) is 67.1 Å². The van der Waals surface area contributed by atoms with Crippen LogP contribution >= 0.6 is 0 Å². The Morgan fingerprint density at radius 2 is 1.61 bits per heavy atom. The average Bonchev–Trinajstić information content (AvgIpc) is 3.61. The highest BCUT2D eigenvalue weighted by atomic mass is 15.3. The summed E-state index contributed by atoms with van der Waals surface area (Å²) in [4.78, 5) is 16.7. The van der Waals surface area contributed by atoms with Crippen LogP contribution in [-0.2, 0) is 6.54 Å². The molecule has 3 aliphatic rings. The molecule has 0 bridgehead atoms. The molecule has 8 rings (SSSR count). The summed E-state index contributed by atoms with van der Waals surface area (Å²) in [6.07, 6.45) is 8.30. The number of benzene rings is 2. The van der Waals surface area contributed by atoms with Gasteiger partial charge in [0.25, 0.3) is 5.78 Å². The largest absolute Gasteiger partial charge is 0.298 e. The van der Waals surface area contributed by atoms with Crippen molar-refractivity contribution in [1.82, 2.24) is 29.5 Å². The highest BCUT2D eigenvalue weighted by Gasteiger charge is 2.33. The first-order valence-corrected chi connectivity index (χ1v) is 14.5. The van der Waals surface area contributed by atoms with Gasteiger partial charge >= 0.3 is 0 Å². The van der Waals surface area contributed by atoms with E-state index in [4.69, 9.17) is 15.1 Å². The maximum absolute atomic E-state index is 5.03. The second-order valence-corrected chi connectivity index (χ2v) is 11.3. The van der Waals surface area contributed by atoms with Gasteiger partial charge in [0.1, 0.15) is 0 Å². The van der Waals surface area contributed by atoms with E-state index in [9.17, 15) is 0 Å². The van der Waals surface area contributed by atoms with Gasteiger partial charge in [-0.15, -0.1) is 5.10 Å². The molecule has 3 aromatic heterocycles. The van der Waals surface area contributed by atoms with Gasteiger partial charge in [0.15, 0.2) is 5.82 Å². The fourth-order valence-corrected chi connectivity index (χ4v) is 5.93. The van der Waals surface area contributed by atoms with Crippen LogP contribution in [0.5, 0.6) is 0 Å². The van der Waals surface area contributed by atoms with E-state index in [-0.39, 0.29) is 0 Å². The molecular weight excluding hydrogens is 508 g/mol. The lowest BCUT2D eigenvalue weighted by Crippen LogP contribution is -2.49. The third-order valence-electron chi connectivity index (χ3n) is 8.57. The molecule has 202 valence electrons. The van der Waals surface area contributed by atoms with Crippen molar-refractivity contribution in [2.45, 2.75) is 38.1 Å². The molecule has 41 heavy (non-hydrogen) atoms. The molecule has 8 heteroatoms. The highest BCUT2D eigenvalue weighted by Crippen LogP contribution is 2.36. The molecule has 5 aromatic rings. The minimum atomic E-state index is 0.469. The third-order valence-corrected chi connectivity index (χ3v) is 8.57. The number of likely N-dealkylation sites (tertiary alicyclic amines) is 1. The third kappa shape index (κ3) is 4.64. The molecule has 5 heterocycles. The second-order valence-electron chi connectivity index (χ2n) is 11.3. The molecule has 0 atom stereocenters. The van der Waals surface area contributed by atoms with Crippen LogP contribution in [0.2, 0.25) is 0 Å². The SMILES string of the molecule is c1ccc(-c2cn3nc(C4CCC4)nc3nc2-c2ccc(CN3CC(C4=NN=C(c5ccccn5)C4)C3)cc2)cc1. The molecule has 1 saturated carbocycles. The van der Waals surface area contributed by atoms with Crippen LogP contribution < -0.4 is 0 Å². The molecule has 2 fully saturated rings. The molecule has 0 radical (unpaired) electrons. The minimum Gasteiger partial charge on any atom is -0.298 e. The molecule has 0 N–H and O–H groups in total. The van der Waals surface area contributed by atoms with Crippen molar-refractivity contribution in [3.63, 3.8) is 0 Å². The summed E-state index contributed by atoms with van der Waals surface area (Å²) in [5, 5.41) is 13.7. The predicted molar refractivity (Wildman–Crippen MR) is 160 cm³/mol. The monoisotopic (exact) mass is 538 g/mol. The van der Waals surface area contributed by atoms with Crippen LogP contribution in [0.1, 0.15) is 48.7 Å². The Balaban J connectivity index is 0.975. The van der Waals surface area contributed by atoms with E-state index in [2.05, 4.69) is 74.8 Å². The summed E-state index contributed by atoms with van der Waals surface area (Å²) in [5.74, 6) is 2.53. The lowest BCUT2D eigenvalue weighted by molar-refractivity contribution is 0.133. The number of nitrogens with zero attached hydrogens (tertiary/aromatic N) is 8. The van der Waals surface area contributed by atoms with Crippen LogP contribution in [0.3, 0.4) is 0 Å². The van der Waals surface area contributed by atoms with E-state index < -0.39 is 0 Å². The lowest BCUT2D eigenvalue weighted by atomic mass is 9.85. The van der Waals surface area contributed by atoms with Gasteiger partial charge in [-0.2, -0.15) is 15.2 Å². The van der Waals surface area contributed by atoms with Gasteiger partial charge in [-0.3, -0.25) is 9.88 Å². The molecule has 1 saturated heterocycles. The van der Waals surface area contributed by atoms with E-state index in [1.54, 1.807) is 0 Å². The number of rotatable bonds is 7. The zero-order valence-corrected chi connectivity index (χ0v) is 22.8. The van der Waals surface area contributed by atoms with Gasteiger partial charge in [0, 0.05) is 61.4 Å². The van der Waals surface area contributed by atoms with Crippen LogP contribution in [0.15, 0.2) is 95.4 Å². The number of hydrogen-bond donors (Lipinski definition) is 0. The predicted octanol–water partition coefficient (Wildman–Crippen LogP) is 5.80. The Morgan fingerprint density at radius 1 is 0.780 bits per heavy atom. The number of hydrogen-bond acceptors (Lipinski definition) is 7. The van der Waals surface area contributed by atoms with E-state index in [1.165, 1.54) is 30.5 Å². The van der Waals surface area contributed by atoms with Crippen molar-refractivity contribution in [2.24, 2.45) is 16.1 Å². The van der Waals surface area contributed by atoms with E-state index >= 15 is 0 Å². The van der Waals surface area contributed by atoms with E-state index in [0.717, 1.165) is 65.7 Å². The molecule has 2 aliphatic heterocycles. The lowest BCUT2D eigenvalue weighted by Gasteiger charge is -2.39. The normalized spacial score (nSPS) is 17.8. The fraction of sp³-hybridized carbons (Fsp3) is 0.273. The quantitative estimate of drug-likeness (QED) is 0.261. The number of fused-ring (bicyclic) bond motifs is 1. The van der Waals surface area contributed by atoms with Crippen molar-refractivity contribution in [1.29, 1.82) is 0 Å². The van der Waals surface area contributed by atoms with Crippen molar-refractivity contribution < 1.29 is 0 Å². The Labute approximate surface area is 238 Å². The summed E-state index contributed by atoms with van der Waals surface area (Å²) < 4.78 is 1.85. The minimum absolute atomic E-state index is 0.469. The first kappa shape index (κ1) is 24.3. The van der Waals surface area contributed by atoms with Gasteiger partial charge in [0.05, 0.1) is 22.8 Å². The Morgan fingerprint density at radius 3 is 2.37 bits per heavy atom. The van der Waals surface area contributed by atoms with Crippen LogP contribution in [-0.4, -0.2) is 54.0 Å². The zero-order valence-electron chi connectivity index (χ0n) is 22.8. The molecular formula is C33H30N8. The maximum atomic E-state index is 5.03. The number of aromatic nitrogens is 5. The van der Waals surface area contributed by atoms with Gasteiger partial charge in [-0.05, 0) is 36.1 Å². The number of pyridine rings is 1. The van der Waals surface area contributed by atoms with Gasteiger partial charge in [0.2, 0.25) is 0 Å². The van der Waals surface area contributed by atoms with Crippen LogP contribution in [0.4, 0.5) is 0 Å². The standard InChI is InChI=1S/C33H30N8/c1-2-7-23(8-3-1)27-21-41-33(36-32(39-41)25-9-6-10-25)35-31(27)24-14-12-22(13-15-24)18-40-19-26(20-40)29-17-30(38-37-29)28-11-4-5-16-34-28/h1-5,7-8,11-16,21,25-26H,6,9-10,17-20H2. The van der Waals surface area contributed by atoms with E-state index in [1.807, 2.05) is 35.0 Å². The van der Waals surface area contributed by atoms with E-state index in [0.29, 0.717) is 17.6 Å². The summed E-state index contributed by atoms with van der Waals surface area (Å²) in [6.45, 7) is 2.95. The second kappa shape index (κ2) is 10.1. The smallest absolute Gasteiger partial charge is 0.253 e. The molecule has 8 nitrogen and oxygen atoms in total. The molecule has 2 aromatic carbocycles. The fourth-order valence-electron chi connectivity index (χ4n) is 5.93. The Hall–Kier alpha value is -4.56.